The number of carbonyl (C=O) groups excluding carboxylic acids is 1. The molecule has 3 rings (SSSR count). The fourth-order valence-corrected chi connectivity index (χ4v) is 2.11. The van der Waals surface area contributed by atoms with Gasteiger partial charge in [0.25, 0.3) is 0 Å². The Morgan fingerprint density at radius 2 is 2.00 bits per heavy atom. The normalized spacial score (nSPS) is 11.2. The molecule has 0 aliphatic heterocycles. The highest BCUT2D eigenvalue weighted by Gasteiger charge is 2.14. The van der Waals surface area contributed by atoms with E-state index in [1.54, 1.807) is 19.2 Å². The maximum absolute atomic E-state index is 10.8. The summed E-state index contributed by atoms with van der Waals surface area (Å²) >= 11 is 0. The summed E-state index contributed by atoms with van der Waals surface area (Å²) in [5, 5.41) is 15.6. The number of ether oxygens (including phenoxy) is 1. The minimum Gasteiger partial charge on any atom is -0.391 e. The third kappa shape index (κ3) is 4.17. The molecule has 0 fully saturated rings. The van der Waals surface area contributed by atoms with Crippen LogP contribution < -0.4 is 10.5 Å². The van der Waals surface area contributed by atoms with Crippen molar-refractivity contribution in [1.82, 2.24) is 25.2 Å². The molecule has 0 aliphatic carbocycles. The highest BCUT2D eigenvalue weighted by molar-refractivity contribution is 6.10. The van der Waals surface area contributed by atoms with E-state index in [2.05, 4.69) is 25.7 Å². The van der Waals surface area contributed by atoms with E-state index in [0.717, 1.165) is 5.56 Å². The van der Waals surface area contributed by atoms with Gasteiger partial charge in [0.1, 0.15) is 0 Å². The molecule has 10 heteroatoms. The Kier molecular flexibility index (Phi) is 5.13. The summed E-state index contributed by atoms with van der Waals surface area (Å²) in [7, 11) is 1.71. The number of oxime groups is 1. The lowest BCUT2D eigenvalue weighted by molar-refractivity contribution is 0.127. The minimum absolute atomic E-state index is 0.0532. The zero-order valence-electron chi connectivity index (χ0n) is 13.8. The Morgan fingerprint density at radius 3 is 2.69 bits per heavy atom. The Balaban J connectivity index is 1.80. The van der Waals surface area contributed by atoms with Gasteiger partial charge in [0.05, 0.1) is 5.69 Å². The second-order valence-corrected chi connectivity index (χ2v) is 5.09. The molecule has 0 radical (unpaired) electrons. The summed E-state index contributed by atoms with van der Waals surface area (Å²) in [6.45, 7) is 0.0532. The van der Waals surface area contributed by atoms with Gasteiger partial charge < -0.3 is 15.3 Å². The van der Waals surface area contributed by atoms with Crippen LogP contribution in [-0.2, 0) is 18.5 Å². The molecular weight excluding hydrogens is 338 g/mol. The number of carbonyl (C=O) groups is 1. The van der Waals surface area contributed by atoms with Crippen LogP contribution in [0.5, 0.6) is 5.88 Å². The lowest BCUT2D eigenvalue weighted by Crippen LogP contribution is -2.17. The fourth-order valence-electron chi connectivity index (χ4n) is 2.11. The molecule has 0 spiro atoms. The van der Waals surface area contributed by atoms with Crippen molar-refractivity contribution in [2.75, 3.05) is 0 Å². The van der Waals surface area contributed by atoms with Crippen molar-refractivity contribution in [2.45, 2.75) is 6.61 Å². The number of pyridine rings is 1. The summed E-state index contributed by atoms with van der Waals surface area (Å²) in [6.07, 6.45) is -0.935. The Labute approximate surface area is 148 Å². The molecule has 0 bridgehead atoms. The van der Waals surface area contributed by atoms with Gasteiger partial charge in [0.2, 0.25) is 11.7 Å². The van der Waals surface area contributed by atoms with E-state index >= 15 is 0 Å². The molecule has 0 saturated heterocycles. The molecule has 3 aromatic rings. The zero-order valence-corrected chi connectivity index (χ0v) is 13.8. The van der Waals surface area contributed by atoms with Gasteiger partial charge in [-0.2, -0.15) is 0 Å². The van der Waals surface area contributed by atoms with Gasteiger partial charge in [-0.1, -0.05) is 41.6 Å². The van der Waals surface area contributed by atoms with Crippen molar-refractivity contribution >= 4 is 11.8 Å². The van der Waals surface area contributed by atoms with Crippen molar-refractivity contribution in [3.63, 3.8) is 0 Å². The third-order valence-electron chi connectivity index (χ3n) is 3.23. The third-order valence-corrected chi connectivity index (χ3v) is 3.23. The number of rotatable bonds is 6. The van der Waals surface area contributed by atoms with Gasteiger partial charge in [-0.15, -0.1) is 5.10 Å². The predicted molar refractivity (Wildman–Crippen MR) is 90.1 cm³/mol. The van der Waals surface area contributed by atoms with Crippen molar-refractivity contribution in [2.24, 2.45) is 17.9 Å². The van der Waals surface area contributed by atoms with Gasteiger partial charge in [-0.3, -0.25) is 0 Å². The molecule has 2 N–H and O–H groups in total. The van der Waals surface area contributed by atoms with Crippen molar-refractivity contribution < 1.29 is 14.4 Å². The maximum Gasteiger partial charge on any atom is 0.411 e. The molecular formula is C16H15N7O3. The summed E-state index contributed by atoms with van der Waals surface area (Å²) in [5.74, 6) is 0.540. The molecule has 132 valence electrons. The van der Waals surface area contributed by atoms with E-state index in [0.29, 0.717) is 17.2 Å². The van der Waals surface area contributed by atoms with Crippen molar-refractivity contribution in [1.29, 1.82) is 0 Å². The number of hydrogen-bond acceptors (Lipinski definition) is 8. The van der Waals surface area contributed by atoms with Crippen LogP contribution in [0.1, 0.15) is 17.1 Å². The first-order valence-corrected chi connectivity index (χ1v) is 7.55. The average Bonchev–Trinajstić information content (AvgIpc) is 3.05. The number of amides is 1. The first kappa shape index (κ1) is 17.0. The van der Waals surface area contributed by atoms with E-state index in [1.165, 1.54) is 10.7 Å². The molecule has 1 amide bonds. The highest BCUT2D eigenvalue weighted by Crippen LogP contribution is 2.11. The van der Waals surface area contributed by atoms with E-state index < -0.39 is 6.09 Å². The number of primary amides is 1. The second-order valence-electron chi connectivity index (χ2n) is 5.09. The Hall–Kier alpha value is -3.82. The standard InChI is InChI=1S/C16H15N7O3/c1-23-15(19-21-22-23)14(11-6-3-2-4-7-11)20-25-10-12-8-5-9-13(18-12)26-16(17)24/h2-9H,10H2,1H3,(H2,17,24)/b20-14-. The van der Waals surface area contributed by atoms with Crippen LogP contribution in [0.3, 0.4) is 0 Å². The predicted octanol–water partition coefficient (Wildman–Crippen LogP) is 1.03. The van der Waals surface area contributed by atoms with Gasteiger partial charge in [0.15, 0.2) is 12.3 Å². The molecule has 0 atom stereocenters. The number of hydrogen-bond donors (Lipinski definition) is 1. The Bertz CT molecular complexity index is 924. The van der Waals surface area contributed by atoms with Crippen LogP contribution in [0.25, 0.3) is 0 Å². The molecule has 1 aromatic carbocycles. The smallest absolute Gasteiger partial charge is 0.391 e. The van der Waals surface area contributed by atoms with Crippen LogP contribution in [0.4, 0.5) is 4.79 Å². The number of aryl methyl sites for hydroxylation is 1. The van der Waals surface area contributed by atoms with Crippen LogP contribution in [0, 0.1) is 0 Å². The number of nitrogens with zero attached hydrogens (tertiary/aromatic N) is 6. The molecule has 10 nitrogen and oxygen atoms in total. The number of tetrazole rings is 1. The van der Waals surface area contributed by atoms with Crippen molar-refractivity contribution in [3.8, 4) is 5.88 Å². The van der Waals surface area contributed by atoms with E-state index in [9.17, 15) is 4.79 Å². The van der Waals surface area contributed by atoms with Crippen LogP contribution in [0.15, 0.2) is 53.7 Å². The summed E-state index contributed by atoms with van der Waals surface area (Å²) in [4.78, 5) is 20.3. The fraction of sp³-hybridized carbons (Fsp3) is 0.125. The van der Waals surface area contributed by atoms with Crippen molar-refractivity contribution in [3.05, 3.63) is 65.6 Å². The maximum atomic E-state index is 10.8. The molecule has 26 heavy (non-hydrogen) atoms. The molecule has 2 heterocycles. The van der Waals surface area contributed by atoms with E-state index in [1.807, 2.05) is 30.3 Å². The van der Waals surface area contributed by atoms with E-state index in [4.69, 9.17) is 15.3 Å². The molecule has 2 aromatic heterocycles. The van der Waals surface area contributed by atoms with Crippen LogP contribution >= 0.6 is 0 Å². The zero-order chi connectivity index (χ0) is 18.4. The largest absolute Gasteiger partial charge is 0.411 e. The topological polar surface area (TPSA) is 130 Å². The SMILES string of the molecule is Cn1nnnc1/C(=N\OCc1cccc(OC(N)=O)n1)c1ccccc1. The molecule has 0 saturated carbocycles. The van der Waals surface area contributed by atoms with E-state index in [-0.39, 0.29) is 12.5 Å². The summed E-state index contributed by atoms with van der Waals surface area (Å²) < 4.78 is 6.23. The minimum atomic E-state index is -0.935. The van der Waals surface area contributed by atoms with Gasteiger partial charge in [0, 0.05) is 18.7 Å². The van der Waals surface area contributed by atoms with Gasteiger partial charge in [-0.25, -0.2) is 14.5 Å². The number of nitrogens with two attached hydrogens (primary N) is 1. The first-order chi connectivity index (χ1) is 12.6. The number of benzene rings is 1. The number of aromatic nitrogens is 5. The highest BCUT2D eigenvalue weighted by atomic mass is 16.6. The van der Waals surface area contributed by atoms with Crippen LogP contribution in [0.2, 0.25) is 0 Å². The second kappa shape index (κ2) is 7.83. The lowest BCUT2D eigenvalue weighted by atomic mass is 10.1. The molecule has 0 aliphatic rings. The molecule has 0 unspecified atom stereocenters. The van der Waals surface area contributed by atoms with Gasteiger partial charge in [-0.05, 0) is 16.5 Å². The first-order valence-electron chi connectivity index (χ1n) is 7.55. The monoisotopic (exact) mass is 353 g/mol. The van der Waals surface area contributed by atoms with Crippen LogP contribution in [-0.4, -0.2) is 37.0 Å². The Morgan fingerprint density at radius 1 is 1.19 bits per heavy atom. The lowest BCUT2D eigenvalue weighted by Gasteiger charge is -2.06. The summed E-state index contributed by atoms with van der Waals surface area (Å²) in [5.41, 5.74) is 6.75. The average molecular weight is 353 g/mol. The summed E-state index contributed by atoms with van der Waals surface area (Å²) in [6, 6.07) is 14.3. The quantitative estimate of drug-likeness (QED) is 0.517. The van der Waals surface area contributed by atoms with Gasteiger partial charge >= 0.3 is 6.09 Å².